The van der Waals surface area contributed by atoms with Crippen molar-refractivity contribution in [3.8, 4) is 0 Å². The molecule has 108 valence electrons. The summed E-state index contributed by atoms with van der Waals surface area (Å²) >= 11 is 0. The molecule has 0 aliphatic carbocycles. The Morgan fingerprint density at radius 2 is 2.29 bits per heavy atom. The highest BCUT2D eigenvalue weighted by Crippen LogP contribution is 1.92. The Balaban J connectivity index is 1.84. The predicted octanol–water partition coefficient (Wildman–Crippen LogP) is -1.06. The first-order valence-corrected chi connectivity index (χ1v) is 6.05. The highest BCUT2D eigenvalue weighted by Gasteiger charge is 2.06. The lowest BCUT2D eigenvalue weighted by molar-refractivity contribution is -0.121. The topological polar surface area (TPSA) is 133 Å². The number of amides is 1. The highest BCUT2D eigenvalue weighted by atomic mass is 16.2. The Bertz CT molecular complexity index is 749. The number of aromatic amines is 2. The monoisotopic (exact) mass is 288 g/mol. The van der Waals surface area contributed by atoms with Crippen LogP contribution in [-0.2, 0) is 11.2 Å². The van der Waals surface area contributed by atoms with E-state index in [-0.39, 0.29) is 24.4 Å². The average Bonchev–Trinajstić information content (AvgIpc) is 2.47. The number of pyridine rings is 1. The molecular formula is C12H12N6O3. The van der Waals surface area contributed by atoms with Crippen molar-refractivity contribution in [1.82, 2.24) is 25.6 Å². The van der Waals surface area contributed by atoms with Crippen LogP contribution in [0.1, 0.15) is 17.7 Å². The van der Waals surface area contributed by atoms with Crippen molar-refractivity contribution in [2.75, 3.05) is 0 Å². The molecule has 0 saturated carbocycles. The number of hydrazone groups is 1. The molecule has 2 heterocycles. The number of hydrogen-bond acceptors (Lipinski definition) is 6. The zero-order valence-corrected chi connectivity index (χ0v) is 10.9. The number of H-pyrrole nitrogens is 2. The zero-order chi connectivity index (χ0) is 15.1. The summed E-state index contributed by atoms with van der Waals surface area (Å²) < 4.78 is 0. The first-order chi connectivity index (χ1) is 10.1. The van der Waals surface area contributed by atoms with Crippen LogP contribution >= 0.6 is 0 Å². The van der Waals surface area contributed by atoms with E-state index < -0.39 is 11.2 Å². The number of nitrogens with one attached hydrogen (secondary N) is 3. The number of hydrogen-bond donors (Lipinski definition) is 3. The van der Waals surface area contributed by atoms with Gasteiger partial charge in [-0.3, -0.25) is 19.6 Å². The van der Waals surface area contributed by atoms with Gasteiger partial charge in [-0.15, -0.1) is 0 Å². The standard InChI is InChI=1S/C12H12N6O3/c19-10(17-14-7-8-2-1-5-13-6-8)4-3-9-11(20)15-12(21)18-16-9/h1-2,5-7H,3-4H2,(H,17,19)(H2,15,18,20,21)/b14-7-. The first kappa shape index (κ1) is 14.3. The Morgan fingerprint density at radius 1 is 1.43 bits per heavy atom. The van der Waals surface area contributed by atoms with E-state index in [9.17, 15) is 14.4 Å². The summed E-state index contributed by atoms with van der Waals surface area (Å²) in [6, 6.07) is 3.53. The van der Waals surface area contributed by atoms with Crippen molar-refractivity contribution in [3.05, 3.63) is 56.6 Å². The minimum Gasteiger partial charge on any atom is -0.273 e. The molecule has 0 radical (unpaired) electrons. The van der Waals surface area contributed by atoms with Crippen LogP contribution in [0.2, 0.25) is 0 Å². The van der Waals surface area contributed by atoms with E-state index in [1.54, 1.807) is 24.5 Å². The molecule has 2 aromatic rings. The largest absolute Gasteiger partial charge is 0.342 e. The fraction of sp³-hybridized carbons (Fsp3) is 0.167. The zero-order valence-electron chi connectivity index (χ0n) is 10.9. The first-order valence-electron chi connectivity index (χ1n) is 6.05. The van der Waals surface area contributed by atoms with Gasteiger partial charge in [0.05, 0.1) is 6.21 Å². The van der Waals surface area contributed by atoms with Crippen LogP contribution in [0, 0.1) is 0 Å². The van der Waals surface area contributed by atoms with Crippen LogP contribution < -0.4 is 16.7 Å². The van der Waals surface area contributed by atoms with Crippen molar-refractivity contribution in [2.24, 2.45) is 5.10 Å². The number of nitrogens with zero attached hydrogens (tertiary/aromatic N) is 3. The molecule has 0 saturated heterocycles. The number of aryl methyl sites for hydroxylation is 1. The molecule has 3 N–H and O–H groups in total. The summed E-state index contributed by atoms with van der Waals surface area (Å²) in [6.45, 7) is 0. The number of carbonyl (C=O) groups excluding carboxylic acids is 1. The molecule has 0 aromatic carbocycles. The van der Waals surface area contributed by atoms with Gasteiger partial charge in [0.2, 0.25) is 5.91 Å². The fourth-order valence-corrected chi connectivity index (χ4v) is 1.46. The number of rotatable bonds is 5. The molecule has 21 heavy (non-hydrogen) atoms. The van der Waals surface area contributed by atoms with Crippen molar-refractivity contribution >= 4 is 12.1 Å². The Morgan fingerprint density at radius 3 is 3.00 bits per heavy atom. The number of aromatic nitrogens is 4. The fourth-order valence-electron chi connectivity index (χ4n) is 1.46. The molecule has 1 amide bonds. The average molecular weight is 288 g/mol. The predicted molar refractivity (Wildman–Crippen MR) is 73.8 cm³/mol. The van der Waals surface area contributed by atoms with E-state index in [1.807, 2.05) is 4.98 Å². The molecule has 0 unspecified atom stereocenters. The van der Waals surface area contributed by atoms with Crippen LogP contribution in [0.25, 0.3) is 0 Å². The van der Waals surface area contributed by atoms with E-state index in [4.69, 9.17) is 0 Å². The van der Waals surface area contributed by atoms with Crippen LogP contribution in [0.5, 0.6) is 0 Å². The molecule has 0 spiro atoms. The molecule has 0 bridgehead atoms. The molecule has 2 aromatic heterocycles. The van der Waals surface area contributed by atoms with Gasteiger partial charge in [0.25, 0.3) is 5.56 Å². The van der Waals surface area contributed by atoms with Gasteiger partial charge >= 0.3 is 5.69 Å². The van der Waals surface area contributed by atoms with E-state index in [0.717, 1.165) is 5.56 Å². The second-order valence-electron chi connectivity index (χ2n) is 4.03. The Labute approximate surface area is 118 Å². The molecule has 0 aliphatic rings. The molecule has 0 atom stereocenters. The SMILES string of the molecule is O=C(CCc1n[nH]c(=O)[nH]c1=O)N/N=C\c1cccnc1. The van der Waals surface area contributed by atoms with Crippen molar-refractivity contribution in [2.45, 2.75) is 12.8 Å². The van der Waals surface area contributed by atoms with Gasteiger partial charge < -0.3 is 0 Å². The summed E-state index contributed by atoms with van der Waals surface area (Å²) in [5, 5.41) is 9.43. The van der Waals surface area contributed by atoms with Crippen LogP contribution in [-0.4, -0.2) is 32.3 Å². The second kappa shape index (κ2) is 6.89. The molecular weight excluding hydrogens is 276 g/mol. The Hall–Kier alpha value is -3.10. The van der Waals surface area contributed by atoms with E-state index in [1.165, 1.54) is 6.21 Å². The summed E-state index contributed by atoms with van der Waals surface area (Å²) in [5.41, 5.74) is 1.86. The van der Waals surface area contributed by atoms with Gasteiger partial charge in [-0.25, -0.2) is 15.3 Å². The summed E-state index contributed by atoms with van der Waals surface area (Å²) in [5.74, 6) is -0.373. The molecule has 2 rings (SSSR count). The minimum absolute atomic E-state index is 0.0203. The summed E-state index contributed by atoms with van der Waals surface area (Å²) in [6.07, 6.45) is 4.80. The van der Waals surface area contributed by atoms with Gasteiger partial charge in [0.15, 0.2) is 0 Å². The van der Waals surface area contributed by atoms with Crippen LogP contribution in [0.15, 0.2) is 39.2 Å². The van der Waals surface area contributed by atoms with Crippen LogP contribution in [0.3, 0.4) is 0 Å². The third-order valence-electron chi connectivity index (χ3n) is 2.46. The number of carbonyl (C=O) groups is 1. The lowest BCUT2D eigenvalue weighted by atomic mass is 10.2. The van der Waals surface area contributed by atoms with Gasteiger partial charge in [-0.2, -0.15) is 10.2 Å². The van der Waals surface area contributed by atoms with Crippen molar-refractivity contribution in [3.63, 3.8) is 0 Å². The van der Waals surface area contributed by atoms with Crippen LogP contribution in [0.4, 0.5) is 0 Å². The van der Waals surface area contributed by atoms with E-state index in [0.29, 0.717) is 0 Å². The van der Waals surface area contributed by atoms with Gasteiger partial charge in [0.1, 0.15) is 5.69 Å². The normalized spacial score (nSPS) is 10.7. The third-order valence-corrected chi connectivity index (χ3v) is 2.46. The molecule has 9 heteroatoms. The Kier molecular flexibility index (Phi) is 4.70. The molecule has 0 fully saturated rings. The molecule has 0 aliphatic heterocycles. The highest BCUT2D eigenvalue weighted by molar-refractivity contribution is 5.81. The minimum atomic E-state index is -0.686. The van der Waals surface area contributed by atoms with Gasteiger partial charge in [-0.05, 0) is 6.07 Å². The maximum atomic E-state index is 11.5. The third kappa shape index (κ3) is 4.49. The van der Waals surface area contributed by atoms with E-state index >= 15 is 0 Å². The smallest absolute Gasteiger partial charge is 0.273 e. The van der Waals surface area contributed by atoms with Gasteiger partial charge in [-0.1, -0.05) is 6.07 Å². The van der Waals surface area contributed by atoms with Crippen molar-refractivity contribution < 1.29 is 4.79 Å². The quantitative estimate of drug-likeness (QED) is 0.476. The van der Waals surface area contributed by atoms with Gasteiger partial charge in [0, 0.05) is 30.8 Å². The van der Waals surface area contributed by atoms with Crippen molar-refractivity contribution in [1.29, 1.82) is 0 Å². The molecule has 9 nitrogen and oxygen atoms in total. The maximum absolute atomic E-state index is 11.5. The summed E-state index contributed by atoms with van der Waals surface area (Å²) in [4.78, 5) is 39.6. The summed E-state index contributed by atoms with van der Waals surface area (Å²) in [7, 11) is 0. The second-order valence-corrected chi connectivity index (χ2v) is 4.03. The lowest BCUT2D eigenvalue weighted by Crippen LogP contribution is -2.28. The lowest BCUT2D eigenvalue weighted by Gasteiger charge is -1.99. The maximum Gasteiger partial charge on any atom is 0.342 e. The van der Waals surface area contributed by atoms with E-state index in [2.05, 4.69) is 25.7 Å².